The summed E-state index contributed by atoms with van der Waals surface area (Å²) in [6.45, 7) is 5.40. The molecule has 0 unspecified atom stereocenters. The molecule has 182 valence electrons. The highest BCUT2D eigenvalue weighted by Gasteiger charge is 2.64. The Bertz CT molecular complexity index is 1160. The molecule has 0 spiro atoms. The van der Waals surface area contributed by atoms with Crippen molar-refractivity contribution in [3.8, 4) is 5.75 Å². The molecule has 1 fully saturated rings. The Morgan fingerprint density at radius 2 is 1.85 bits per heavy atom. The van der Waals surface area contributed by atoms with E-state index in [1.807, 2.05) is 6.92 Å². The maximum atomic E-state index is 13.6. The summed E-state index contributed by atoms with van der Waals surface area (Å²) in [5, 5.41) is 57.3. The van der Waals surface area contributed by atoms with Crippen molar-refractivity contribution < 1.29 is 39.9 Å². The second-order valence-electron chi connectivity index (χ2n) is 10.0. The minimum Gasteiger partial charge on any atom is -0.508 e. The van der Waals surface area contributed by atoms with Gasteiger partial charge in [-0.3, -0.25) is 14.4 Å². The minimum absolute atomic E-state index is 0.00554. The number of Topliss-reactive ketones (excluding diaryl/α,β-unsaturated/α-hetero) is 2. The van der Waals surface area contributed by atoms with Gasteiger partial charge in [0.15, 0.2) is 11.4 Å². The van der Waals surface area contributed by atoms with Crippen LogP contribution in [0.3, 0.4) is 0 Å². The molecule has 9 heteroatoms. The lowest BCUT2D eigenvalue weighted by molar-refractivity contribution is -0.160. The van der Waals surface area contributed by atoms with Crippen LogP contribution in [0.15, 0.2) is 35.1 Å². The number of ketones is 2. The van der Waals surface area contributed by atoms with Crippen LogP contribution in [0.25, 0.3) is 5.76 Å². The summed E-state index contributed by atoms with van der Waals surface area (Å²) < 4.78 is 0. The van der Waals surface area contributed by atoms with Gasteiger partial charge in [-0.1, -0.05) is 25.5 Å². The fraction of sp³-hybridized carbons (Fsp3) is 0.480. The topological polar surface area (TPSA) is 164 Å². The van der Waals surface area contributed by atoms with Gasteiger partial charge in [0, 0.05) is 29.4 Å². The van der Waals surface area contributed by atoms with Gasteiger partial charge in [-0.25, -0.2) is 0 Å². The monoisotopic (exact) mass is 471 g/mol. The molecule has 3 aliphatic rings. The lowest BCUT2D eigenvalue weighted by Gasteiger charge is -2.48. The van der Waals surface area contributed by atoms with Crippen molar-refractivity contribution in [3.63, 3.8) is 0 Å². The zero-order valence-corrected chi connectivity index (χ0v) is 19.3. The molecule has 34 heavy (non-hydrogen) atoms. The number of carbonyl (C=O) groups excluding carboxylic acids is 3. The standard InChI is InChI=1S/C25H29NO8/c1-4-8-24(2,3)26-23(33)18-15(28)10-13-19(29)12-9-11-6-5-7-14(27)16(11)20(30)17(12)21(31)25(13,34)22(18)32/h5-7,12-13,19,27,29-30,32,34H,4,8-10H2,1-3H3,(H,26,33)/t12-,13-,19+,25+/m1/s1. The van der Waals surface area contributed by atoms with Gasteiger partial charge in [0.1, 0.15) is 22.8 Å². The molecule has 3 aliphatic carbocycles. The summed E-state index contributed by atoms with van der Waals surface area (Å²) in [5.74, 6) is -7.24. The Balaban J connectivity index is 1.85. The first kappa shape index (κ1) is 24.0. The molecule has 0 aliphatic heterocycles. The van der Waals surface area contributed by atoms with Crippen molar-refractivity contribution in [1.82, 2.24) is 5.32 Å². The van der Waals surface area contributed by atoms with E-state index in [0.717, 1.165) is 6.42 Å². The zero-order valence-electron chi connectivity index (χ0n) is 19.3. The number of fused-ring (bicyclic) bond motifs is 3. The maximum Gasteiger partial charge on any atom is 0.258 e. The van der Waals surface area contributed by atoms with Gasteiger partial charge in [0.2, 0.25) is 5.78 Å². The van der Waals surface area contributed by atoms with Gasteiger partial charge in [0.25, 0.3) is 5.91 Å². The van der Waals surface area contributed by atoms with Crippen molar-refractivity contribution >= 4 is 23.2 Å². The number of hydrogen-bond acceptors (Lipinski definition) is 8. The molecule has 1 aromatic carbocycles. The van der Waals surface area contributed by atoms with Gasteiger partial charge in [-0.05, 0) is 38.3 Å². The lowest BCUT2D eigenvalue weighted by Crippen LogP contribution is -2.63. The van der Waals surface area contributed by atoms with Crippen LogP contribution in [0.4, 0.5) is 0 Å². The van der Waals surface area contributed by atoms with Crippen molar-refractivity contribution in [2.24, 2.45) is 11.8 Å². The predicted molar refractivity (Wildman–Crippen MR) is 121 cm³/mol. The number of phenolic OH excluding ortho intramolecular Hbond substituents is 1. The predicted octanol–water partition coefficient (Wildman–Crippen LogP) is 1.60. The van der Waals surface area contributed by atoms with E-state index in [-0.39, 0.29) is 23.3 Å². The first-order valence-electron chi connectivity index (χ1n) is 11.3. The number of aromatic hydroxyl groups is 1. The molecule has 1 amide bonds. The summed E-state index contributed by atoms with van der Waals surface area (Å²) in [5.41, 5.74) is -4.09. The van der Waals surface area contributed by atoms with E-state index < -0.39 is 70.1 Å². The first-order chi connectivity index (χ1) is 15.8. The van der Waals surface area contributed by atoms with Gasteiger partial charge in [-0.2, -0.15) is 0 Å². The van der Waals surface area contributed by atoms with Crippen molar-refractivity contribution in [1.29, 1.82) is 0 Å². The third-order valence-corrected chi connectivity index (χ3v) is 7.22. The number of phenols is 1. The summed E-state index contributed by atoms with van der Waals surface area (Å²) in [6, 6.07) is 4.52. The first-order valence-corrected chi connectivity index (χ1v) is 11.3. The minimum atomic E-state index is -2.78. The van der Waals surface area contributed by atoms with Crippen LogP contribution in [0, 0.1) is 11.8 Å². The third-order valence-electron chi connectivity index (χ3n) is 7.22. The molecule has 6 N–H and O–H groups in total. The van der Waals surface area contributed by atoms with Crippen LogP contribution in [0.2, 0.25) is 0 Å². The molecule has 0 radical (unpaired) electrons. The van der Waals surface area contributed by atoms with Gasteiger partial charge in [-0.15, -0.1) is 0 Å². The molecule has 9 nitrogen and oxygen atoms in total. The van der Waals surface area contributed by atoms with Crippen LogP contribution < -0.4 is 5.32 Å². The fourth-order valence-electron chi connectivity index (χ4n) is 5.62. The molecule has 0 saturated heterocycles. The molecule has 4 atom stereocenters. The van der Waals surface area contributed by atoms with Crippen molar-refractivity contribution in [2.75, 3.05) is 0 Å². The van der Waals surface area contributed by atoms with Crippen molar-refractivity contribution in [2.45, 2.75) is 63.7 Å². The molecule has 1 saturated carbocycles. The zero-order chi connectivity index (χ0) is 25.2. The summed E-state index contributed by atoms with van der Waals surface area (Å²) in [6.07, 6.45) is -0.632. The number of aliphatic hydroxyl groups excluding tert-OH is 3. The van der Waals surface area contributed by atoms with Crippen LogP contribution in [-0.2, 0) is 20.8 Å². The van der Waals surface area contributed by atoms with Crippen LogP contribution >= 0.6 is 0 Å². The molecular formula is C25H29NO8. The van der Waals surface area contributed by atoms with E-state index in [1.54, 1.807) is 26.0 Å². The highest BCUT2D eigenvalue weighted by atomic mass is 16.4. The van der Waals surface area contributed by atoms with E-state index in [9.17, 15) is 39.9 Å². The number of hydrogen-bond donors (Lipinski definition) is 6. The molecule has 0 heterocycles. The second-order valence-corrected chi connectivity index (χ2v) is 10.0. The number of nitrogens with one attached hydrogen (secondary N) is 1. The molecule has 0 bridgehead atoms. The molecule has 1 aromatic rings. The average molecular weight is 472 g/mol. The third kappa shape index (κ3) is 3.33. The van der Waals surface area contributed by atoms with Crippen molar-refractivity contribution in [3.05, 3.63) is 46.2 Å². The SMILES string of the molecule is CCCC(C)(C)NC(=O)C1=C(O)[C@@]2(O)C(=O)C3=C(O)c4c(O)cccc4C[C@H]3[C@H](O)[C@H]2CC1=O. The number of amides is 1. The van der Waals surface area contributed by atoms with Crippen LogP contribution in [0.5, 0.6) is 5.75 Å². The fourth-order valence-corrected chi connectivity index (χ4v) is 5.62. The Hall–Kier alpha value is -3.17. The Kier molecular flexibility index (Phi) is 5.61. The van der Waals surface area contributed by atoms with E-state index in [0.29, 0.717) is 12.0 Å². The number of aliphatic hydroxyl groups is 4. The summed E-state index contributed by atoms with van der Waals surface area (Å²) in [7, 11) is 0. The molecule has 0 aromatic heterocycles. The smallest absolute Gasteiger partial charge is 0.258 e. The Morgan fingerprint density at radius 3 is 2.50 bits per heavy atom. The molecular weight excluding hydrogens is 442 g/mol. The van der Waals surface area contributed by atoms with E-state index in [2.05, 4.69) is 5.32 Å². The number of benzene rings is 1. The molecule has 4 rings (SSSR count). The largest absolute Gasteiger partial charge is 0.508 e. The maximum absolute atomic E-state index is 13.6. The van der Waals surface area contributed by atoms with Gasteiger partial charge < -0.3 is 30.8 Å². The lowest BCUT2D eigenvalue weighted by atomic mass is 9.58. The second kappa shape index (κ2) is 7.95. The Labute approximate surface area is 196 Å². The summed E-state index contributed by atoms with van der Waals surface area (Å²) >= 11 is 0. The van der Waals surface area contributed by atoms with Gasteiger partial charge >= 0.3 is 0 Å². The van der Waals surface area contributed by atoms with E-state index in [1.165, 1.54) is 6.07 Å². The quantitative estimate of drug-likeness (QED) is 0.361. The summed E-state index contributed by atoms with van der Waals surface area (Å²) in [4.78, 5) is 39.4. The normalized spacial score (nSPS) is 28.9. The number of carbonyl (C=O) groups is 3. The van der Waals surface area contributed by atoms with E-state index in [4.69, 9.17) is 0 Å². The Morgan fingerprint density at radius 1 is 1.18 bits per heavy atom. The van der Waals surface area contributed by atoms with Crippen LogP contribution in [-0.4, -0.2) is 60.3 Å². The van der Waals surface area contributed by atoms with Crippen LogP contribution in [0.1, 0.15) is 51.2 Å². The average Bonchev–Trinajstić information content (AvgIpc) is 2.73. The highest BCUT2D eigenvalue weighted by molar-refractivity contribution is 6.23. The van der Waals surface area contributed by atoms with E-state index >= 15 is 0 Å². The number of rotatable bonds is 4. The van der Waals surface area contributed by atoms with Gasteiger partial charge in [0.05, 0.1) is 11.7 Å². The highest BCUT2D eigenvalue weighted by Crippen LogP contribution is 2.51.